The molecule has 3 heteroatoms. The molecule has 0 heterocycles. The van der Waals surface area contributed by atoms with E-state index in [0.717, 1.165) is 38.5 Å². The second-order valence-corrected chi connectivity index (χ2v) is 14.7. The number of Topliss-reactive ketones (excluding diaryl/α,β-unsaturated/α-hetero) is 1. The zero-order valence-corrected chi connectivity index (χ0v) is 23.3. The highest BCUT2D eigenvalue weighted by molar-refractivity contribution is 5.84. The zero-order valence-electron chi connectivity index (χ0n) is 23.3. The number of allylic oxidation sites excluding steroid dienone is 2. The highest BCUT2D eigenvalue weighted by atomic mass is 16.3. The number of aliphatic hydroxyl groups excluding tert-OH is 1. The number of ketones is 1. The van der Waals surface area contributed by atoms with Gasteiger partial charge in [-0.25, -0.2) is 0 Å². The van der Waals surface area contributed by atoms with E-state index in [9.17, 15) is 15.0 Å². The van der Waals surface area contributed by atoms with Gasteiger partial charge in [-0.1, -0.05) is 46.3 Å². The number of hydrogen-bond donors (Lipinski definition) is 2. The molecule has 4 aliphatic rings. The van der Waals surface area contributed by atoms with Crippen molar-refractivity contribution in [2.45, 2.75) is 119 Å². The molecular formula is C31H52O3. The van der Waals surface area contributed by atoms with E-state index in [0.29, 0.717) is 30.0 Å². The lowest BCUT2D eigenvalue weighted by Crippen LogP contribution is -2.65. The van der Waals surface area contributed by atoms with Crippen molar-refractivity contribution in [3.63, 3.8) is 0 Å². The summed E-state index contributed by atoms with van der Waals surface area (Å²) in [6, 6.07) is 0. The molecule has 0 aromatic rings. The highest BCUT2D eigenvalue weighted by Crippen LogP contribution is 2.75. The Balaban J connectivity index is 1.66. The number of aliphatic hydroxyl groups is 2. The standard InChI is InChI=1S/C31H52O3/c1-20(2)10-9-14-31(8,34)22-12-16-30(7)26(22)23(33)18-25-28(5)15-11-21(19-32)27(3,4)24(28)13-17-29(25,30)6/h10,21-22,24-26,32,34H,9,11-19H2,1-8H3/t21-,22?,24?,25?,26?,28+,29-,30-,31+/m1/s1. The molecule has 0 aromatic carbocycles. The minimum absolute atomic E-state index is 0.0163. The highest BCUT2D eigenvalue weighted by Gasteiger charge is 2.71. The van der Waals surface area contributed by atoms with Gasteiger partial charge < -0.3 is 10.2 Å². The van der Waals surface area contributed by atoms with Gasteiger partial charge in [-0.2, -0.15) is 0 Å². The van der Waals surface area contributed by atoms with Crippen molar-refractivity contribution in [2.24, 2.45) is 51.2 Å². The van der Waals surface area contributed by atoms with Crippen LogP contribution >= 0.6 is 0 Å². The van der Waals surface area contributed by atoms with Crippen LogP contribution in [0.25, 0.3) is 0 Å². The maximum Gasteiger partial charge on any atom is 0.137 e. The maximum absolute atomic E-state index is 14.1. The first-order valence-electron chi connectivity index (χ1n) is 14.1. The van der Waals surface area contributed by atoms with E-state index in [1.54, 1.807) is 0 Å². The molecule has 4 rings (SSSR count). The van der Waals surface area contributed by atoms with Gasteiger partial charge in [0, 0.05) is 18.9 Å². The van der Waals surface area contributed by atoms with Crippen molar-refractivity contribution >= 4 is 5.78 Å². The average molecular weight is 473 g/mol. The summed E-state index contributed by atoms with van der Waals surface area (Å²) < 4.78 is 0. The molecule has 34 heavy (non-hydrogen) atoms. The lowest BCUT2D eigenvalue weighted by atomic mass is 9.34. The van der Waals surface area contributed by atoms with Crippen LogP contribution in [0.4, 0.5) is 0 Å². The number of fused-ring (bicyclic) bond motifs is 5. The van der Waals surface area contributed by atoms with Gasteiger partial charge in [0.1, 0.15) is 5.78 Å². The van der Waals surface area contributed by atoms with Gasteiger partial charge in [0.2, 0.25) is 0 Å². The molecular weight excluding hydrogens is 420 g/mol. The second-order valence-electron chi connectivity index (χ2n) is 14.7. The van der Waals surface area contributed by atoms with Crippen LogP contribution in [0.5, 0.6) is 0 Å². The molecule has 0 aliphatic heterocycles. The van der Waals surface area contributed by atoms with Crippen molar-refractivity contribution in [1.82, 2.24) is 0 Å². The van der Waals surface area contributed by atoms with Crippen molar-refractivity contribution in [2.75, 3.05) is 6.61 Å². The van der Waals surface area contributed by atoms with Crippen LogP contribution in [0, 0.1) is 51.2 Å². The molecule has 0 aromatic heterocycles. The van der Waals surface area contributed by atoms with Gasteiger partial charge in [-0.15, -0.1) is 0 Å². The largest absolute Gasteiger partial charge is 0.396 e. The third-order valence-corrected chi connectivity index (χ3v) is 12.6. The summed E-state index contributed by atoms with van der Waals surface area (Å²) in [5.74, 6) is 1.81. The second kappa shape index (κ2) is 8.44. The van der Waals surface area contributed by atoms with E-state index in [-0.39, 0.29) is 40.1 Å². The molecule has 0 radical (unpaired) electrons. The predicted molar refractivity (Wildman–Crippen MR) is 139 cm³/mol. The fourth-order valence-electron chi connectivity index (χ4n) is 10.4. The van der Waals surface area contributed by atoms with E-state index in [2.05, 4.69) is 54.5 Å². The lowest BCUT2D eigenvalue weighted by molar-refractivity contribution is -0.216. The lowest BCUT2D eigenvalue weighted by Gasteiger charge is -2.69. The minimum Gasteiger partial charge on any atom is -0.396 e. The Hall–Kier alpha value is -0.670. The Bertz CT molecular complexity index is 836. The van der Waals surface area contributed by atoms with Crippen molar-refractivity contribution in [1.29, 1.82) is 0 Å². The normalized spacial score (nSPS) is 47.2. The summed E-state index contributed by atoms with van der Waals surface area (Å²) in [4.78, 5) is 14.1. The van der Waals surface area contributed by atoms with Gasteiger partial charge >= 0.3 is 0 Å². The molecule has 0 amide bonds. The van der Waals surface area contributed by atoms with Gasteiger partial charge in [-0.3, -0.25) is 4.79 Å². The summed E-state index contributed by atoms with van der Waals surface area (Å²) in [6.07, 6.45) is 11.1. The first-order valence-corrected chi connectivity index (χ1v) is 14.1. The van der Waals surface area contributed by atoms with Crippen LogP contribution in [0.3, 0.4) is 0 Å². The Labute approximate surface area is 209 Å². The average Bonchev–Trinajstić information content (AvgIpc) is 3.10. The van der Waals surface area contributed by atoms with Crippen LogP contribution in [-0.2, 0) is 4.79 Å². The third kappa shape index (κ3) is 3.61. The molecule has 194 valence electrons. The molecule has 0 spiro atoms. The first-order chi connectivity index (χ1) is 15.6. The van der Waals surface area contributed by atoms with Crippen LogP contribution in [0.15, 0.2) is 11.6 Å². The molecule has 4 saturated carbocycles. The van der Waals surface area contributed by atoms with Gasteiger partial charge in [0.05, 0.1) is 5.60 Å². The number of carbonyl (C=O) groups excluding carboxylic acids is 1. The van der Waals surface area contributed by atoms with Crippen molar-refractivity contribution < 1.29 is 15.0 Å². The fourth-order valence-corrected chi connectivity index (χ4v) is 10.4. The summed E-state index contributed by atoms with van der Waals surface area (Å²) in [7, 11) is 0. The Morgan fingerprint density at radius 1 is 1.00 bits per heavy atom. The Morgan fingerprint density at radius 2 is 1.65 bits per heavy atom. The van der Waals surface area contributed by atoms with Crippen LogP contribution in [0.2, 0.25) is 0 Å². The summed E-state index contributed by atoms with van der Waals surface area (Å²) in [5, 5.41) is 21.7. The molecule has 0 saturated heterocycles. The fraction of sp³-hybridized carbons (Fsp3) is 0.903. The van der Waals surface area contributed by atoms with E-state index in [4.69, 9.17) is 0 Å². The van der Waals surface area contributed by atoms with Crippen LogP contribution in [0.1, 0.15) is 113 Å². The molecule has 9 atom stereocenters. The van der Waals surface area contributed by atoms with Gasteiger partial charge in [0.25, 0.3) is 0 Å². The maximum atomic E-state index is 14.1. The summed E-state index contributed by atoms with van der Waals surface area (Å²) in [5.41, 5.74) is 0.843. The molecule has 4 aliphatic carbocycles. The predicted octanol–water partition coefficient (Wildman–Crippen LogP) is 6.96. The minimum atomic E-state index is -0.796. The van der Waals surface area contributed by atoms with E-state index in [1.165, 1.54) is 18.4 Å². The smallest absolute Gasteiger partial charge is 0.137 e. The van der Waals surface area contributed by atoms with E-state index >= 15 is 0 Å². The Kier molecular flexibility index (Phi) is 6.55. The SMILES string of the molecule is CC(C)=CCC[C@](C)(O)C1CC[C@]2(C)C1C(=O)CC1[C@@]3(C)CC[C@H](CO)C(C)(C)C3CC[C@]12C. The van der Waals surface area contributed by atoms with E-state index in [1.807, 2.05) is 6.92 Å². The number of hydrogen-bond acceptors (Lipinski definition) is 3. The first kappa shape index (κ1) is 26.4. The van der Waals surface area contributed by atoms with Crippen molar-refractivity contribution in [3.05, 3.63) is 11.6 Å². The summed E-state index contributed by atoms with van der Waals surface area (Å²) in [6.45, 7) is 18.7. The molecule has 4 unspecified atom stereocenters. The van der Waals surface area contributed by atoms with Crippen LogP contribution < -0.4 is 0 Å². The summed E-state index contributed by atoms with van der Waals surface area (Å²) >= 11 is 0. The van der Waals surface area contributed by atoms with Gasteiger partial charge in [0.15, 0.2) is 0 Å². The molecule has 2 N–H and O–H groups in total. The topological polar surface area (TPSA) is 57.5 Å². The number of carbonyl (C=O) groups is 1. The van der Waals surface area contributed by atoms with Gasteiger partial charge in [-0.05, 0) is 117 Å². The Morgan fingerprint density at radius 3 is 2.26 bits per heavy atom. The molecule has 0 bridgehead atoms. The quantitative estimate of drug-likeness (QED) is 0.425. The van der Waals surface area contributed by atoms with Crippen LogP contribution in [-0.4, -0.2) is 28.2 Å². The van der Waals surface area contributed by atoms with Crippen molar-refractivity contribution in [3.8, 4) is 0 Å². The molecule has 4 fully saturated rings. The molecule has 3 nitrogen and oxygen atoms in total. The van der Waals surface area contributed by atoms with E-state index < -0.39 is 5.60 Å². The third-order valence-electron chi connectivity index (χ3n) is 12.6. The number of rotatable bonds is 5. The zero-order chi connectivity index (χ0) is 25.3. The monoisotopic (exact) mass is 472 g/mol.